The molecule has 2 aromatic rings. The van der Waals surface area contributed by atoms with Gasteiger partial charge in [-0.1, -0.05) is 93.4 Å². The van der Waals surface area contributed by atoms with Gasteiger partial charge in [0, 0.05) is 6.42 Å². The summed E-state index contributed by atoms with van der Waals surface area (Å²) in [6, 6.07) is 21.7. The van der Waals surface area contributed by atoms with Gasteiger partial charge in [0.05, 0.1) is 0 Å². The molecule has 0 aliphatic heterocycles. The first-order valence-corrected chi connectivity index (χ1v) is 10.9. The van der Waals surface area contributed by atoms with E-state index in [0.29, 0.717) is 0 Å². The quantitative estimate of drug-likeness (QED) is 0.422. The van der Waals surface area contributed by atoms with Gasteiger partial charge in [-0.15, -0.1) is 11.5 Å². The van der Waals surface area contributed by atoms with Gasteiger partial charge in [0.2, 0.25) is 0 Å². The van der Waals surface area contributed by atoms with Gasteiger partial charge in [-0.3, -0.25) is 0 Å². The van der Waals surface area contributed by atoms with Crippen LogP contribution in [0.5, 0.6) is 0 Å². The van der Waals surface area contributed by atoms with Gasteiger partial charge < -0.3 is 0 Å². The van der Waals surface area contributed by atoms with Crippen LogP contribution in [0.4, 0.5) is 0 Å². The molecule has 0 nitrogen and oxygen atoms in total. The minimum absolute atomic E-state index is 1.03. The van der Waals surface area contributed by atoms with Crippen molar-refractivity contribution in [2.75, 3.05) is 0 Å². The zero-order valence-electron chi connectivity index (χ0n) is 13.8. The SMILES string of the molecule is CCCCCCC#C[Si](C)(c1ccccc1)c1ccccc1. The molecular formula is C21H26Si. The summed E-state index contributed by atoms with van der Waals surface area (Å²) in [5.41, 5.74) is 3.69. The van der Waals surface area contributed by atoms with E-state index in [9.17, 15) is 0 Å². The first-order chi connectivity index (χ1) is 10.8. The summed E-state index contributed by atoms with van der Waals surface area (Å²) in [6.45, 7) is 4.62. The van der Waals surface area contributed by atoms with Crippen molar-refractivity contribution in [3.05, 3.63) is 60.7 Å². The average Bonchev–Trinajstić information content (AvgIpc) is 2.59. The van der Waals surface area contributed by atoms with Crippen molar-refractivity contribution in [1.29, 1.82) is 0 Å². The van der Waals surface area contributed by atoms with Crippen LogP contribution in [0.2, 0.25) is 6.55 Å². The van der Waals surface area contributed by atoms with Crippen molar-refractivity contribution >= 4 is 18.4 Å². The summed E-state index contributed by atoms with van der Waals surface area (Å²) < 4.78 is 0. The standard InChI is InChI=1S/C21H26Si/c1-3-4-5-6-7-14-19-22(2,20-15-10-8-11-16-20)21-17-12-9-13-18-21/h8-13,15-18H,3-7H2,1-2H3. The molecule has 0 N–H and O–H groups in total. The van der Waals surface area contributed by atoms with Crippen LogP contribution >= 0.6 is 0 Å². The molecule has 0 unspecified atom stereocenters. The van der Waals surface area contributed by atoms with Crippen LogP contribution in [0.25, 0.3) is 0 Å². The highest BCUT2D eigenvalue weighted by atomic mass is 28.3. The Labute approximate surface area is 136 Å². The molecule has 0 atom stereocenters. The summed E-state index contributed by atoms with van der Waals surface area (Å²) in [6.07, 6.45) is 6.18. The largest absolute Gasteiger partial charge is 0.196 e. The Morgan fingerprint density at radius 2 is 1.32 bits per heavy atom. The molecular weight excluding hydrogens is 280 g/mol. The van der Waals surface area contributed by atoms with E-state index in [1.165, 1.54) is 36.1 Å². The number of unbranched alkanes of at least 4 members (excludes halogenated alkanes) is 4. The lowest BCUT2D eigenvalue weighted by Gasteiger charge is -2.22. The molecule has 0 amide bonds. The van der Waals surface area contributed by atoms with Gasteiger partial charge in [-0.05, 0) is 16.8 Å². The molecule has 114 valence electrons. The molecule has 0 spiro atoms. The van der Waals surface area contributed by atoms with E-state index in [1.807, 2.05) is 0 Å². The third kappa shape index (κ3) is 4.35. The third-order valence-corrected chi connectivity index (χ3v) is 7.85. The minimum atomic E-state index is -1.93. The van der Waals surface area contributed by atoms with E-state index in [1.54, 1.807) is 0 Å². The molecule has 0 heterocycles. The van der Waals surface area contributed by atoms with Crippen LogP contribution in [0, 0.1) is 11.5 Å². The predicted octanol–water partition coefficient (Wildman–Crippen LogP) is 4.39. The van der Waals surface area contributed by atoms with E-state index >= 15 is 0 Å². The fourth-order valence-corrected chi connectivity index (χ4v) is 5.55. The van der Waals surface area contributed by atoms with Crippen molar-refractivity contribution in [1.82, 2.24) is 0 Å². The Morgan fingerprint density at radius 1 is 0.773 bits per heavy atom. The zero-order valence-corrected chi connectivity index (χ0v) is 14.8. The molecule has 22 heavy (non-hydrogen) atoms. The first kappa shape index (κ1) is 16.6. The summed E-state index contributed by atoms with van der Waals surface area (Å²) in [5, 5.41) is 2.81. The lowest BCUT2D eigenvalue weighted by atomic mass is 10.2. The second-order valence-corrected chi connectivity index (χ2v) is 9.62. The van der Waals surface area contributed by atoms with Crippen molar-refractivity contribution < 1.29 is 0 Å². The van der Waals surface area contributed by atoms with Crippen molar-refractivity contribution in [2.24, 2.45) is 0 Å². The summed E-state index contributed by atoms with van der Waals surface area (Å²) in [7, 11) is -1.93. The normalized spacial score (nSPS) is 10.8. The van der Waals surface area contributed by atoms with Gasteiger partial charge in [0.25, 0.3) is 0 Å². The molecule has 2 rings (SSSR count). The maximum absolute atomic E-state index is 3.69. The molecule has 0 aliphatic rings. The fraction of sp³-hybridized carbons (Fsp3) is 0.333. The van der Waals surface area contributed by atoms with Gasteiger partial charge in [0.15, 0.2) is 8.07 Å². The van der Waals surface area contributed by atoms with Gasteiger partial charge in [-0.25, -0.2) is 0 Å². The monoisotopic (exact) mass is 306 g/mol. The van der Waals surface area contributed by atoms with Gasteiger partial charge in [-0.2, -0.15) is 0 Å². The van der Waals surface area contributed by atoms with Gasteiger partial charge >= 0.3 is 0 Å². The smallest absolute Gasteiger partial charge is 0.120 e. The molecule has 0 saturated carbocycles. The van der Waals surface area contributed by atoms with Gasteiger partial charge in [0.1, 0.15) is 0 Å². The number of hydrogen-bond donors (Lipinski definition) is 0. The second kappa shape index (κ2) is 8.61. The molecule has 0 aliphatic carbocycles. The summed E-state index contributed by atoms with van der Waals surface area (Å²) in [5.74, 6) is 3.49. The maximum atomic E-state index is 3.69. The van der Waals surface area contributed by atoms with Crippen LogP contribution in [-0.2, 0) is 0 Å². The van der Waals surface area contributed by atoms with Crippen LogP contribution < -0.4 is 10.4 Å². The molecule has 1 heteroatoms. The summed E-state index contributed by atoms with van der Waals surface area (Å²) in [4.78, 5) is 0. The topological polar surface area (TPSA) is 0 Å². The van der Waals surface area contributed by atoms with E-state index in [0.717, 1.165) is 6.42 Å². The number of benzene rings is 2. The molecule has 2 aromatic carbocycles. The van der Waals surface area contributed by atoms with Crippen LogP contribution in [-0.4, -0.2) is 8.07 Å². The maximum Gasteiger partial charge on any atom is 0.196 e. The van der Waals surface area contributed by atoms with E-state index in [4.69, 9.17) is 0 Å². The van der Waals surface area contributed by atoms with E-state index in [2.05, 4.69) is 85.6 Å². The van der Waals surface area contributed by atoms with Crippen LogP contribution in [0.1, 0.15) is 39.0 Å². The lowest BCUT2D eigenvalue weighted by molar-refractivity contribution is 0.680. The molecule has 0 fully saturated rings. The second-order valence-electron chi connectivity index (χ2n) is 5.97. The third-order valence-electron chi connectivity index (χ3n) is 4.20. The Balaban J connectivity index is 2.22. The molecule has 0 radical (unpaired) electrons. The Kier molecular flexibility index (Phi) is 6.49. The minimum Gasteiger partial charge on any atom is -0.120 e. The highest BCUT2D eigenvalue weighted by Crippen LogP contribution is 2.06. The number of rotatable bonds is 6. The van der Waals surface area contributed by atoms with Crippen molar-refractivity contribution in [3.63, 3.8) is 0 Å². The average molecular weight is 307 g/mol. The van der Waals surface area contributed by atoms with Crippen LogP contribution in [0.3, 0.4) is 0 Å². The number of hydrogen-bond acceptors (Lipinski definition) is 0. The van der Waals surface area contributed by atoms with Crippen molar-refractivity contribution in [2.45, 2.75) is 45.6 Å². The fourth-order valence-electron chi connectivity index (χ4n) is 2.73. The first-order valence-electron chi connectivity index (χ1n) is 8.38. The predicted molar refractivity (Wildman–Crippen MR) is 100 cm³/mol. The zero-order chi connectivity index (χ0) is 15.7. The molecule has 0 bridgehead atoms. The molecule has 0 saturated heterocycles. The van der Waals surface area contributed by atoms with E-state index < -0.39 is 8.07 Å². The summed E-state index contributed by atoms with van der Waals surface area (Å²) >= 11 is 0. The Morgan fingerprint density at radius 3 is 1.82 bits per heavy atom. The highest BCUT2D eigenvalue weighted by molar-refractivity contribution is 7.07. The highest BCUT2D eigenvalue weighted by Gasteiger charge is 2.29. The van der Waals surface area contributed by atoms with Crippen LogP contribution in [0.15, 0.2) is 60.7 Å². The molecule has 0 aromatic heterocycles. The Hall–Kier alpha value is -1.78. The van der Waals surface area contributed by atoms with Crippen molar-refractivity contribution in [3.8, 4) is 11.5 Å². The lowest BCUT2D eigenvalue weighted by Crippen LogP contribution is -2.54. The van der Waals surface area contributed by atoms with E-state index in [-0.39, 0.29) is 0 Å². The Bertz CT molecular complexity index is 565.